The van der Waals surface area contributed by atoms with Crippen LogP contribution in [0.15, 0.2) is 158 Å². The summed E-state index contributed by atoms with van der Waals surface area (Å²) < 4.78 is 0. The first-order chi connectivity index (χ1) is 25.0. The Bertz CT molecular complexity index is 2770. The minimum Gasteiger partial charge on any atom is -0.247 e. The molecule has 2 aromatic heterocycles. The smallest absolute Gasteiger partial charge is 0.164 e. The van der Waals surface area contributed by atoms with Crippen molar-refractivity contribution >= 4 is 32.4 Å². The van der Waals surface area contributed by atoms with Crippen molar-refractivity contribution in [2.45, 2.75) is 19.3 Å². The molecule has 4 nitrogen and oxygen atoms in total. The van der Waals surface area contributed by atoms with Gasteiger partial charge in [0.25, 0.3) is 0 Å². The van der Waals surface area contributed by atoms with Gasteiger partial charge in [0, 0.05) is 33.1 Å². The van der Waals surface area contributed by atoms with Crippen molar-refractivity contribution in [2.24, 2.45) is 0 Å². The first-order valence-corrected chi connectivity index (χ1v) is 17.4. The SMILES string of the molecule is CC1(C)c2ccccc2-c2nc3ccc4ccccc4c3c(-c3ccc4cc(-c5nc(-c6ccccc6)nc(-c6ccccc6)n5)ccc4c3)c21. The molecule has 7 aromatic carbocycles. The average molecular weight is 653 g/mol. The first-order valence-electron chi connectivity index (χ1n) is 17.4. The maximum absolute atomic E-state index is 5.38. The highest BCUT2D eigenvalue weighted by atomic mass is 15.0. The van der Waals surface area contributed by atoms with Crippen LogP contribution in [0, 0.1) is 0 Å². The van der Waals surface area contributed by atoms with Gasteiger partial charge in [-0.15, -0.1) is 0 Å². The summed E-state index contributed by atoms with van der Waals surface area (Å²) in [4.78, 5) is 20.2. The fraction of sp³-hybridized carbons (Fsp3) is 0.0638. The first kappa shape index (κ1) is 29.4. The zero-order chi connectivity index (χ0) is 34.1. The Morgan fingerprint density at radius 2 is 0.980 bits per heavy atom. The lowest BCUT2D eigenvalue weighted by Gasteiger charge is -2.26. The Balaban J connectivity index is 1.17. The predicted molar refractivity (Wildman–Crippen MR) is 209 cm³/mol. The molecule has 1 aliphatic rings. The zero-order valence-corrected chi connectivity index (χ0v) is 28.3. The second-order valence-electron chi connectivity index (χ2n) is 13.9. The standard InChI is InChI=1S/C47H32N4/c1-47(2)38-20-12-11-19-37(38)43-42(47)40(41-36-18-10-9-13-29(36)25-26-39(41)48-43)34-23-21-33-28-35(24-22-32(33)27-34)46-50-44(30-14-5-3-6-15-30)49-45(51-46)31-16-7-4-8-17-31/h3-28H,1-2H3. The molecule has 2 heterocycles. The summed E-state index contributed by atoms with van der Waals surface area (Å²) in [5.74, 6) is 1.96. The van der Waals surface area contributed by atoms with Crippen LogP contribution in [0.5, 0.6) is 0 Å². The number of hydrogen-bond donors (Lipinski definition) is 0. The molecule has 240 valence electrons. The van der Waals surface area contributed by atoms with Crippen LogP contribution >= 0.6 is 0 Å². The van der Waals surface area contributed by atoms with Crippen LogP contribution in [-0.4, -0.2) is 19.9 Å². The monoisotopic (exact) mass is 652 g/mol. The molecule has 0 fully saturated rings. The van der Waals surface area contributed by atoms with E-state index >= 15 is 0 Å². The Labute approximate surface area is 296 Å². The fourth-order valence-corrected chi connectivity index (χ4v) is 7.98. The molecule has 9 aromatic rings. The van der Waals surface area contributed by atoms with E-state index in [0.29, 0.717) is 17.5 Å². The minimum atomic E-state index is -0.218. The molecular formula is C47H32N4. The third kappa shape index (κ3) is 4.68. The lowest BCUT2D eigenvalue weighted by atomic mass is 9.78. The van der Waals surface area contributed by atoms with Crippen molar-refractivity contribution in [1.82, 2.24) is 19.9 Å². The fourth-order valence-electron chi connectivity index (χ4n) is 7.98. The Hall–Kier alpha value is -6.52. The largest absolute Gasteiger partial charge is 0.247 e. The molecule has 4 heteroatoms. The number of aromatic nitrogens is 4. The summed E-state index contributed by atoms with van der Waals surface area (Å²) in [6.07, 6.45) is 0. The summed E-state index contributed by atoms with van der Waals surface area (Å²) >= 11 is 0. The van der Waals surface area contributed by atoms with Gasteiger partial charge >= 0.3 is 0 Å². The Morgan fingerprint density at radius 1 is 0.431 bits per heavy atom. The van der Waals surface area contributed by atoms with E-state index in [-0.39, 0.29) is 5.41 Å². The van der Waals surface area contributed by atoms with Crippen molar-refractivity contribution in [1.29, 1.82) is 0 Å². The van der Waals surface area contributed by atoms with Gasteiger partial charge in [-0.3, -0.25) is 0 Å². The predicted octanol–water partition coefficient (Wildman–Crippen LogP) is 11.7. The molecule has 0 saturated carbocycles. The van der Waals surface area contributed by atoms with Crippen LogP contribution < -0.4 is 0 Å². The maximum Gasteiger partial charge on any atom is 0.164 e. The number of nitrogens with zero attached hydrogens (tertiary/aromatic N) is 4. The van der Waals surface area contributed by atoms with Gasteiger partial charge in [0.1, 0.15) is 0 Å². The Morgan fingerprint density at radius 3 is 1.69 bits per heavy atom. The Kier molecular flexibility index (Phi) is 6.49. The normalized spacial score (nSPS) is 13.1. The molecule has 0 aliphatic heterocycles. The van der Waals surface area contributed by atoms with E-state index in [1.807, 2.05) is 60.7 Å². The number of rotatable bonds is 4. The molecular weight excluding hydrogens is 621 g/mol. The van der Waals surface area contributed by atoms with Crippen molar-refractivity contribution < 1.29 is 0 Å². The summed E-state index contributed by atoms with van der Waals surface area (Å²) in [6, 6.07) is 55.4. The summed E-state index contributed by atoms with van der Waals surface area (Å²) in [5, 5.41) is 5.93. The van der Waals surface area contributed by atoms with Gasteiger partial charge in [0.05, 0.1) is 11.2 Å². The third-order valence-electron chi connectivity index (χ3n) is 10.4. The van der Waals surface area contributed by atoms with E-state index in [0.717, 1.165) is 38.7 Å². The van der Waals surface area contributed by atoms with E-state index in [1.54, 1.807) is 0 Å². The van der Waals surface area contributed by atoms with E-state index in [2.05, 4.69) is 111 Å². The number of fused-ring (bicyclic) bond motifs is 7. The van der Waals surface area contributed by atoms with Gasteiger partial charge in [-0.25, -0.2) is 19.9 Å². The molecule has 0 N–H and O–H groups in total. The van der Waals surface area contributed by atoms with Gasteiger partial charge < -0.3 is 0 Å². The van der Waals surface area contributed by atoms with Crippen molar-refractivity contribution in [2.75, 3.05) is 0 Å². The second-order valence-corrected chi connectivity index (χ2v) is 13.9. The number of benzene rings is 7. The zero-order valence-electron chi connectivity index (χ0n) is 28.3. The van der Waals surface area contributed by atoms with Crippen molar-refractivity contribution in [3.8, 4) is 56.5 Å². The molecule has 0 radical (unpaired) electrons. The van der Waals surface area contributed by atoms with Crippen molar-refractivity contribution in [3.05, 3.63) is 169 Å². The average Bonchev–Trinajstić information content (AvgIpc) is 3.42. The summed E-state index contributed by atoms with van der Waals surface area (Å²) in [6.45, 7) is 4.69. The summed E-state index contributed by atoms with van der Waals surface area (Å²) in [7, 11) is 0. The van der Waals surface area contributed by atoms with Crippen molar-refractivity contribution in [3.63, 3.8) is 0 Å². The van der Waals surface area contributed by atoms with E-state index in [1.165, 1.54) is 44.0 Å². The molecule has 0 amide bonds. The van der Waals surface area contributed by atoms with E-state index in [9.17, 15) is 0 Å². The number of hydrogen-bond acceptors (Lipinski definition) is 4. The lowest BCUT2D eigenvalue weighted by Crippen LogP contribution is -2.16. The van der Waals surface area contributed by atoms with E-state index in [4.69, 9.17) is 19.9 Å². The quantitative estimate of drug-likeness (QED) is 0.178. The van der Waals surface area contributed by atoms with Crippen LogP contribution in [0.25, 0.3) is 89.0 Å². The van der Waals surface area contributed by atoms with Gasteiger partial charge in [0.2, 0.25) is 0 Å². The minimum absolute atomic E-state index is 0.218. The molecule has 0 bridgehead atoms. The van der Waals surface area contributed by atoms with Crippen LogP contribution in [0.3, 0.4) is 0 Å². The molecule has 1 aliphatic carbocycles. The lowest BCUT2D eigenvalue weighted by molar-refractivity contribution is 0.662. The summed E-state index contributed by atoms with van der Waals surface area (Å²) in [5.41, 5.74) is 11.0. The molecule has 51 heavy (non-hydrogen) atoms. The molecule has 0 spiro atoms. The van der Waals surface area contributed by atoms with Gasteiger partial charge in [-0.2, -0.15) is 0 Å². The van der Waals surface area contributed by atoms with Crippen LogP contribution in [0.4, 0.5) is 0 Å². The molecule has 0 saturated heterocycles. The van der Waals surface area contributed by atoms with E-state index < -0.39 is 0 Å². The van der Waals surface area contributed by atoms with Crippen LogP contribution in [-0.2, 0) is 5.41 Å². The topological polar surface area (TPSA) is 51.6 Å². The van der Waals surface area contributed by atoms with Gasteiger partial charge in [-0.05, 0) is 62.0 Å². The molecule has 0 unspecified atom stereocenters. The highest BCUT2D eigenvalue weighted by Crippen LogP contribution is 2.54. The molecule has 0 atom stereocenters. The van der Waals surface area contributed by atoms with Crippen LogP contribution in [0.2, 0.25) is 0 Å². The highest BCUT2D eigenvalue weighted by Gasteiger charge is 2.39. The highest BCUT2D eigenvalue weighted by molar-refractivity contribution is 6.16. The molecule has 10 rings (SSSR count). The third-order valence-corrected chi connectivity index (χ3v) is 10.4. The second kappa shape index (κ2) is 11.3. The van der Waals surface area contributed by atoms with Crippen LogP contribution in [0.1, 0.15) is 25.0 Å². The number of pyridine rings is 1. The maximum atomic E-state index is 5.38. The van der Waals surface area contributed by atoms with Gasteiger partial charge in [-0.1, -0.05) is 153 Å². The van der Waals surface area contributed by atoms with Gasteiger partial charge in [0.15, 0.2) is 17.5 Å².